The van der Waals surface area contributed by atoms with Crippen LogP contribution in [0, 0.1) is 6.92 Å². The minimum atomic E-state index is -0.498. The fraction of sp³-hybridized carbons (Fsp3) is 0.737. The summed E-state index contributed by atoms with van der Waals surface area (Å²) in [6.07, 6.45) is 0.0192. The number of aryl methyl sites for hydroxylation is 1. The lowest BCUT2D eigenvalue weighted by Gasteiger charge is -2.36. The number of amides is 1. The second-order valence-corrected chi connectivity index (χ2v) is 7.84. The van der Waals surface area contributed by atoms with Crippen LogP contribution in [0.15, 0.2) is 0 Å². The summed E-state index contributed by atoms with van der Waals surface area (Å²) in [6, 6.07) is 0. The molecule has 28 heavy (non-hydrogen) atoms. The van der Waals surface area contributed by atoms with Crippen LogP contribution in [0.4, 0.5) is 16.3 Å². The summed E-state index contributed by atoms with van der Waals surface area (Å²) in [5.74, 6) is 0.622. The van der Waals surface area contributed by atoms with Crippen molar-refractivity contribution in [1.82, 2.24) is 14.7 Å². The predicted octanol–water partition coefficient (Wildman–Crippen LogP) is 2.15. The van der Waals surface area contributed by atoms with Crippen molar-refractivity contribution in [1.29, 1.82) is 0 Å². The van der Waals surface area contributed by atoms with Crippen molar-refractivity contribution in [3.63, 3.8) is 0 Å². The molecule has 1 aromatic heterocycles. The number of carbonyl (C=O) groups is 2. The maximum atomic E-state index is 12.2. The molecule has 0 aromatic carbocycles. The van der Waals surface area contributed by atoms with Crippen LogP contribution >= 0.6 is 0 Å². The lowest BCUT2D eigenvalue weighted by molar-refractivity contribution is -0.142. The second-order valence-electron chi connectivity index (χ2n) is 7.84. The van der Waals surface area contributed by atoms with E-state index in [1.54, 1.807) is 11.8 Å². The first-order valence-corrected chi connectivity index (χ1v) is 9.78. The Hall–Kier alpha value is -2.45. The molecule has 1 fully saturated rings. The third-order valence-electron chi connectivity index (χ3n) is 4.48. The molecule has 1 saturated heterocycles. The Morgan fingerprint density at radius 1 is 1.18 bits per heavy atom. The van der Waals surface area contributed by atoms with Crippen LogP contribution in [0.25, 0.3) is 0 Å². The van der Waals surface area contributed by atoms with E-state index in [0.29, 0.717) is 45.8 Å². The molecule has 0 bridgehead atoms. The summed E-state index contributed by atoms with van der Waals surface area (Å²) in [4.78, 5) is 27.7. The van der Waals surface area contributed by atoms with Gasteiger partial charge in [0.2, 0.25) is 0 Å². The number of aromatic nitrogens is 2. The van der Waals surface area contributed by atoms with Crippen LogP contribution in [0.2, 0.25) is 0 Å². The normalized spacial score (nSPS) is 14.8. The van der Waals surface area contributed by atoms with Gasteiger partial charge in [-0.1, -0.05) is 0 Å². The molecule has 9 heteroatoms. The molecule has 1 aromatic rings. The van der Waals surface area contributed by atoms with Crippen LogP contribution in [-0.4, -0.2) is 71.7 Å². The minimum absolute atomic E-state index is 0.218. The Morgan fingerprint density at radius 2 is 1.82 bits per heavy atom. The number of ether oxygens (including phenoxy) is 2. The molecule has 0 aliphatic carbocycles. The molecular formula is C19H33N5O4. The van der Waals surface area contributed by atoms with Crippen LogP contribution in [0.5, 0.6) is 0 Å². The van der Waals surface area contributed by atoms with E-state index in [1.807, 2.05) is 39.4 Å². The first-order valence-electron chi connectivity index (χ1n) is 9.78. The van der Waals surface area contributed by atoms with Crippen LogP contribution in [0.3, 0.4) is 0 Å². The summed E-state index contributed by atoms with van der Waals surface area (Å²) >= 11 is 0. The van der Waals surface area contributed by atoms with E-state index in [9.17, 15) is 9.59 Å². The van der Waals surface area contributed by atoms with Crippen LogP contribution in [0.1, 0.15) is 39.8 Å². The summed E-state index contributed by atoms with van der Waals surface area (Å²) < 4.78 is 12.2. The van der Waals surface area contributed by atoms with Crippen molar-refractivity contribution in [2.45, 2.75) is 46.6 Å². The number of carbonyl (C=O) groups excluding carboxylic acids is 2. The zero-order valence-electron chi connectivity index (χ0n) is 17.9. The van der Waals surface area contributed by atoms with Crippen molar-refractivity contribution >= 4 is 23.6 Å². The Labute approximate surface area is 166 Å². The van der Waals surface area contributed by atoms with Gasteiger partial charge in [0, 0.05) is 39.8 Å². The monoisotopic (exact) mass is 395 g/mol. The number of piperazine rings is 1. The Bertz CT molecular complexity index is 687. The smallest absolute Gasteiger partial charge is 0.410 e. The number of anilines is 2. The molecule has 1 amide bonds. The fourth-order valence-corrected chi connectivity index (χ4v) is 2.97. The first-order chi connectivity index (χ1) is 13.1. The number of nitrogens with one attached hydrogen (secondary N) is 1. The SMILES string of the molecule is CCOC(=O)CCNc1c(N2CCN(C(=O)OC(C)(C)C)CC2)nn(C)c1C. The number of nitrogens with zero attached hydrogens (tertiary/aromatic N) is 4. The molecule has 9 nitrogen and oxygen atoms in total. The molecular weight excluding hydrogens is 362 g/mol. The fourth-order valence-electron chi connectivity index (χ4n) is 2.97. The zero-order chi connectivity index (χ0) is 20.9. The van der Waals surface area contributed by atoms with Gasteiger partial charge in [0.15, 0.2) is 5.82 Å². The van der Waals surface area contributed by atoms with Gasteiger partial charge in [0.05, 0.1) is 18.7 Å². The summed E-state index contributed by atoms with van der Waals surface area (Å²) in [5, 5.41) is 7.95. The maximum Gasteiger partial charge on any atom is 0.410 e. The van der Waals surface area contributed by atoms with Gasteiger partial charge in [-0.2, -0.15) is 5.10 Å². The highest BCUT2D eigenvalue weighted by atomic mass is 16.6. The molecule has 0 spiro atoms. The van der Waals surface area contributed by atoms with Crippen molar-refractivity contribution in [3.05, 3.63) is 5.69 Å². The van der Waals surface area contributed by atoms with E-state index in [0.717, 1.165) is 17.2 Å². The third-order valence-corrected chi connectivity index (χ3v) is 4.48. The average Bonchev–Trinajstić information content (AvgIpc) is 2.89. The largest absolute Gasteiger partial charge is 0.466 e. The maximum absolute atomic E-state index is 12.2. The molecule has 0 saturated carbocycles. The van der Waals surface area contributed by atoms with Crippen molar-refractivity contribution in [2.75, 3.05) is 49.5 Å². The lowest BCUT2D eigenvalue weighted by atomic mass is 10.2. The van der Waals surface area contributed by atoms with Gasteiger partial charge in [-0.3, -0.25) is 9.48 Å². The van der Waals surface area contributed by atoms with E-state index in [4.69, 9.17) is 9.47 Å². The van der Waals surface area contributed by atoms with Crippen LogP contribution in [-0.2, 0) is 21.3 Å². The highest BCUT2D eigenvalue weighted by Crippen LogP contribution is 2.29. The minimum Gasteiger partial charge on any atom is -0.466 e. The molecule has 1 aliphatic rings. The molecule has 1 aliphatic heterocycles. The second kappa shape index (κ2) is 9.16. The van der Waals surface area contributed by atoms with Gasteiger partial charge in [0.1, 0.15) is 11.3 Å². The Morgan fingerprint density at radius 3 is 2.39 bits per heavy atom. The number of rotatable bonds is 6. The highest BCUT2D eigenvalue weighted by molar-refractivity contribution is 5.73. The molecule has 2 rings (SSSR count). The Kier molecular flexibility index (Phi) is 7.15. The average molecular weight is 396 g/mol. The van der Waals surface area contributed by atoms with Gasteiger partial charge >= 0.3 is 12.1 Å². The Balaban J connectivity index is 1.98. The standard InChI is InChI=1S/C19H33N5O4/c1-7-27-15(25)8-9-20-16-14(2)22(6)21-17(16)23-10-12-24(13-11-23)18(26)28-19(3,4)5/h20H,7-13H2,1-6H3. The quantitative estimate of drug-likeness (QED) is 0.738. The summed E-state index contributed by atoms with van der Waals surface area (Å²) in [5.41, 5.74) is 1.41. The van der Waals surface area contributed by atoms with Gasteiger partial charge < -0.3 is 24.6 Å². The van der Waals surface area contributed by atoms with Crippen molar-refractivity contribution in [2.24, 2.45) is 7.05 Å². The molecule has 0 atom stereocenters. The first kappa shape index (κ1) is 21.8. The van der Waals surface area contributed by atoms with Crippen LogP contribution < -0.4 is 10.2 Å². The molecule has 0 unspecified atom stereocenters. The topological polar surface area (TPSA) is 88.9 Å². The van der Waals surface area contributed by atoms with E-state index < -0.39 is 5.60 Å². The van der Waals surface area contributed by atoms with Gasteiger partial charge in [-0.05, 0) is 34.6 Å². The summed E-state index contributed by atoms with van der Waals surface area (Å²) in [7, 11) is 1.90. The van der Waals surface area contributed by atoms with Crippen molar-refractivity contribution < 1.29 is 19.1 Å². The molecule has 1 N–H and O–H groups in total. The van der Waals surface area contributed by atoms with E-state index in [1.165, 1.54) is 0 Å². The van der Waals surface area contributed by atoms with E-state index in [2.05, 4.69) is 15.3 Å². The molecule has 158 valence electrons. The predicted molar refractivity (Wildman–Crippen MR) is 108 cm³/mol. The van der Waals surface area contributed by atoms with Gasteiger partial charge in [0.25, 0.3) is 0 Å². The van der Waals surface area contributed by atoms with E-state index >= 15 is 0 Å². The molecule has 2 heterocycles. The zero-order valence-corrected chi connectivity index (χ0v) is 17.9. The van der Waals surface area contributed by atoms with Gasteiger partial charge in [-0.25, -0.2) is 4.79 Å². The van der Waals surface area contributed by atoms with Gasteiger partial charge in [-0.15, -0.1) is 0 Å². The highest BCUT2D eigenvalue weighted by Gasteiger charge is 2.28. The molecule has 0 radical (unpaired) electrons. The number of hydrogen-bond acceptors (Lipinski definition) is 7. The summed E-state index contributed by atoms with van der Waals surface area (Å²) in [6.45, 7) is 12.7. The third kappa shape index (κ3) is 5.77. The number of esters is 1. The number of hydrogen-bond donors (Lipinski definition) is 1. The van der Waals surface area contributed by atoms with Crippen molar-refractivity contribution in [3.8, 4) is 0 Å². The lowest BCUT2D eigenvalue weighted by Crippen LogP contribution is -2.50. The van der Waals surface area contributed by atoms with E-state index in [-0.39, 0.29) is 12.1 Å².